The molecule has 2 rings (SSSR count). The van der Waals surface area contributed by atoms with E-state index >= 15 is 0 Å². The minimum Gasteiger partial charge on any atom is -0.378 e. The first-order valence-corrected chi connectivity index (χ1v) is 7.75. The predicted molar refractivity (Wildman–Crippen MR) is 91.4 cm³/mol. The Bertz CT molecular complexity index is 473. The summed E-state index contributed by atoms with van der Waals surface area (Å²) in [4.78, 5) is 12.4. The molecule has 0 aromatic heterocycles. The van der Waals surface area contributed by atoms with E-state index in [1.54, 1.807) is 0 Å². The van der Waals surface area contributed by atoms with Crippen LogP contribution in [0.4, 0.5) is 0 Å². The summed E-state index contributed by atoms with van der Waals surface area (Å²) in [6.07, 6.45) is 0.935. The molecule has 124 valence electrons. The number of aryl methyl sites for hydroxylation is 1. The molecule has 0 spiro atoms. The fourth-order valence-corrected chi connectivity index (χ4v) is 2.72. The Morgan fingerprint density at radius 3 is 2.73 bits per heavy atom. The molecule has 1 fully saturated rings. The molecule has 22 heavy (non-hydrogen) atoms. The van der Waals surface area contributed by atoms with Crippen LogP contribution in [0.25, 0.3) is 0 Å². The van der Waals surface area contributed by atoms with E-state index in [0.717, 1.165) is 13.0 Å². The van der Waals surface area contributed by atoms with Crippen molar-refractivity contribution in [3.63, 3.8) is 0 Å². The van der Waals surface area contributed by atoms with Crippen LogP contribution >= 0.6 is 12.4 Å². The van der Waals surface area contributed by atoms with Crippen LogP contribution < -0.4 is 10.6 Å². The molecule has 1 aromatic carbocycles. The molecule has 2 unspecified atom stereocenters. The van der Waals surface area contributed by atoms with Gasteiger partial charge in [-0.2, -0.15) is 0 Å². The molecule has 0 saturated carbocycles. The van der Waals surface area contributed by atoms with Crippen LogP contribution in [0.2, 0.25) is 0 Å². The number of benzene rings is 1. The maximum Gasteiger partial charge on any atom is 0.240 e. The fourth-order valence-electron chi connectivity index (χ4n) is 2.72. The second kappa shape index (κ2) is 9.13. The lowest BCUT2D eigenvalue weighted by atomic mass is 9.93. The smallest absolute Gasteiger partial charge is 0.240 e. The highest BCUT2D eigenvalue weighted by atomic mass is 35.5. The number of ether oxygens (including phenoxy) is 1. The van der Waals surface area contributed by atoms with E-state index in [4.69, 9.17) is 4.74 Å². The molecule has 0 bridgehead atoms. The van der Waals surface area contributed by atoms with Gasteiger partial charge in [0.05, 0.1) is 19.3 Å². The number of halogens is 1. The zero-order valence-corrected chi connectivity index (χ0v) is 14.4. The van der Waals surface area contributed by atoms with E-state index in [2.05, 4.69) is 43.5 Å². The Balaban J connectivity index is 0.00000242. The lowest BCUT2D eigenvalue weighted by molar-refractivity contribution is -0.126. The Kier molecular flexibility index (Phi) is 7.87. The van der Waals surface area contributed by atoms with E-state index in [9.17, 15) is 4.79 Å². The van der Waals surface area contributed by atoms with Crippen LogP contribution in [0, 0.1) is 12.8 Å². The molecular formula is C17H27ClN2O2. The molecule has 2 N–H and O–H groups in total. The molecule has 1 saturated heterocycles. The van der Waals surface area contributed by atoms with Gasteiger partial charge in [0, 0.05) is 6.54 Å². The van der Waals surface area contributed by atoms with Gasteiger partial charge in [0.25, 0.3) is 0 Å². The van der Waals surface area contributed by atoms with Crippen molar-refractivity contribution in [3.05, 3.63) is 35.4 Å². The highest BCUT2D eigenvalue weighted by molar-refractivity contribution is 5.85. The van der Waals surface area contributed by atoms with E-state index in [-0.39, 0.29) is 30.4 Å². The minimum atomic E-state index is -0.238. The minimum absolute atomic E-state index is 0. The molecule has 1 aromatic rings. The lowest BCUT2D eigenvalue weighted by Crippen LogP contribution is -2.52. The molecule has 0 aliphatic carbocycles. The van der Waals surface area contributed by atoms with Gasteiger partial charge < -0.3 is 15.4 Å². The first-order chi connectivity index (χ1) is 10.1. The van der Waals surface area contributed by atoms with Crippen LogP contribution in [-0.2, 0) is 9.53 Å². The standard InChI is InChI=1S/C17H26N2O2.ClH/c1-12(2)10-15(14-7-5-4-6-13(14)3)19-17(20)16-11-21-9-8-18-16;/h4-7,12,15-16,18H,8-11H2,1-3H3,(H,19,20);1H. The van der Waals surface area contributed by atoms with E-state index in [1.807, 2.05) is 12.1 Å². The summed E-state index contributed by atoms with van der Waals surface area (Å²) in [6, 6.07) is 8.08. The van der Waals surface area contributed by atoms with Gasteiger partial charge in [-0.05, 0) is 30.4 Å². The Morgan fingerprint density at radius 2 is 2.14 bits per heavy atom. The molecule has 1 amide bonds. The summed E-state index contributed by atoms with van der Waals surface area (Å²) in [6.45, 7) is 8.32. The molecule has 5 heteroatoms. The van der Waals surface area contributed by atoms with Gasteiger partial charge in [-0.25, -0.2) is 0 Å². The molecule has 2 atom stereocenters. The summed E-state index contributed by atoms with van der Waals surface area (Å²) in [5, 5.41) is 6.40. The number of hydrogen-bond acceptors (Lipinski definition) is 3. The molecule has 0 radical (unpaired) electrons. The fraction of sp³-hybridized carbons (Fsp3) is 0.588. The number of hydrogen-bond donors (Lipinski definition) is 2. The number of rotatable bonds is 5. The van der Waals surface area contributed by atoms with Crippen LogP contribution in [0.1, 0.15) is 37.4 Å². The summed E-state index contributed by atoms with van der Waals surface area (Å²) in [5.41, 5.74) is 2.42. The number of carbonyl (C=O) groups is 1. The van der Waals surface area contributed by atoms with Crippen molar-refractivity contribution >= 4 is 18.3 Å². The highest BCUT2D eigenvalue weighted by Crippen LogP contribution is 2.24. The van der Waals surface area contributed by atoms with E-state index in [0.29, 0.717) is 19.1 Å². The van der Waals surface area contributed by atoms with Gasteiger partial charge in [-0.3, -0.25) is 4.79 Å². The Morgan fingerprint density at radius 1 is 1.41 bits per heavy atom. The lowest BCUT2D eigenvalue weighted by Gasteiger charge is -2.28. The number of carbonyl (C=O) groups excluding carboxylic acids is 1. The van der Waals surface area contributed by atoms with Crippen molar-refractivity contribution in [2.24, 2.45) is 5.92 Å². The predicted octanol–water partition coefficient (Wildman–Crippen LogP) is 2.61. The average molecular weight is 327 g/mol. The zero-order chi connectivity index (χ0) is 15.2. The summed E-state index contributed by atoms with van der Waals surface area (Å²) < 4.78 is 5.37. The van der Waals surface area contributed by atoms with E-state index in [1.165, 1.54) is 11.1 Å². The molecular weight excluding hydrogens is 300 g/mol. The van der Waals surface area contributed by atoms with E-state index < -0.39 is 0 Å². The number of amides is 1. The third-order valence-corrected chi connectivity index (χ3v) is 3.83. The summed E-state index contributed by atoms with van der Waals surface area (Å²) in [5.74, 6) is 0.550. The molecule has 1 aliphatic rings. The molecule has 1 heterocycles. The summed E-state index contributed by atoms with van der Waals surface area (Å²) >= 11 is 0. The Hall–Kier alpha value is -1.10. The van der Waals surface area contributed by atoms with Crippen LogP contribution in [-0.4, -0.2) is 31.7 Å². The maximum atomic E-state index is 12.4. The van der Waals surface area contributed by atoms with Gasteiger partial charge in [0.2, 0.25) is 5.91 Å². The van der Waals surface area contributed by atoms with Crippen molar-refractivity contribution in [2.45, 2.75) is 39.3 Å². The SMILES string of the molecule is Cc1ccccc1C(CC(C)C)NC(=O)C1COCCN1.Cl. The van der Waals surface area contributed by atoms with Crippen LogP contribution in [0.15, 0.2) is 24.3 Å². The van der Waals surface area contributed by atoms with Crippen molar-refractivity contribution in [3.8, 4) is 0 Å². The zero-order valence-electron chi connectivity index (χ0n) is 13.6. The second-order valence-corrected chi connectivity index (χ2v) is 6.13. The largest absolute Gasteiger partial charge is 0.378 e. The maximum absolute atomic E-state index is 12.4. The van der Waals surface area contributed by atoms with Crippen molar-refractivity contribution in [2.75, 3.05) is 19.8 Å². The van der Waals surface area contributed by atoms with Gasteiger partial charge in [0.15, 0.2) is 0 Å². The third kappa shape index (κ3) is 5.27. The van der Waals surface area contributed by atoms with Crippen molar-refractivity contribution < 1.29 is 9.53 Å². The number of morpholine rings is 1. The number of nitrogens with one attached hydrogen (secondary N) is 2. The first kappa shape index (κ1) is 18.9. The third-order valence-electron chi connectivity index (χ3n) is 3.83. The quantitative estimate of drug-likeness (QED) is 0.874. The Labute approximate surface area is 139 Å². The van der Waals surface area contributed by atoms with Crippen molar-refractivity contribution in [1.82, 2.24) is 10.6 Å². The van der Waals surface area contributed by atoms with Crippen LogP contribution in [0.5, 0.6) is 0 Å². The first-order valence-electron chi connectivity index (χ1n) is 7.75. The normalized spacial score (nSPS) is 19.4. The average Bonchev–Trinajstić information content (AvgIpc) is 2.47. The van der Waals surface area contributed by atoms with Gasteiger partial charge in [0.1, 0.15) is 6.04 Å². The topological polar surface area (TPSA) is 50.4 Å². The summed E-state index contributed by atoms with van der Waals surface area (Å²) in [7, 11) is 0. The second-order valence-electron chi connectivity index (χ2n) is 6.13. The molecule has 4 nitrogen and oxygen atoms in total. The monoisotopic (exact) mass is 326 g/mol. The van der Waals surface area contributed by atoms with Crippen LogP contribution in [0.3, 0.4) is 0 Å². The van der Waals surface area contributed by atoms with Gasteiger partial charge in [-0.15, -0.1) is 12.4 Å². The highest BCUT2D eigenvalue weighted by Gasteiger charge is 2.25. The van der Waals surface area contributed by atoms with Crippen molar-refractivity contribution in [1.29, 1.82) is 0 Å². The van der Waals surface area contributed by atoms with Gasteiger partial charge >= 0.3 is 0 Å². The van der Waals surface area contributed by atoms with Gasteiger partial charge in [-0.1, -0.05) is 38.1 Å². The molecule has 1 aliphatic heterocycles.